The van der Waals surface area contributed by atoms with Gasteiger partial charge in [0.1, 0.15) is 9.84 Å². The van der Waals surface area contributed by atoms with Crippen molar-refractivity contribution in [2.75, 3.05) is 37.5 Å². The van der Waals surface area contributed by atoms with E-state index in [1.807, 2.05) is 19.3 Å². The van der Waals surface area contributed by atoms with E-state index in [0.717, 1.165) is 65.5 Å². The van der Waals surface area contributed by atoms with Crippen LogP contribution in [0.1, 0.15) is 77.0 Å². The van der Waals surface area contributed by atoms with Gasteiger partial charge in [-0.05, 0) is 49.6 Å². The number of nitrogens with zero attached hydrogens (tertiary/aromatic N) is 4. The Morgan fingerprint density at radius 2 is 1.68 bits per heavy atom. The van der Waals surface area contributed by atoms with Crippen LogP contribution in [0.4, 0.5) is 5.95 Å². The molecule has 1 aliphatic rings. The minimum atomic E-state index is -2.67. The number of H-pyrrole nitrogens is 1. The van der Waals surface area contributed by atoms with Gasteiger partial charge >= 0.3 is 0 Å². The molecule has 0 radical (unpaired) electrons. The number of aliphatic imine (C=N–C) groups is 1. The van der Waals surface area contributed by atoms with Crippen molar-refractivity contribution >= 4 is 32.9 Å². The van der Waals surface area contributed by atoms with Crippen molar-refractivity contribution in [2.24, 2.45) is 10.9 Å². The quantitative estimate of drug-likeness (QED) is 0.330. The van der Waals surface area contributed by atoms with Crippen molar-refractivity contribution in [3.63, 3.8) is 0 Å². The molecular weight excluding hydrogens is 494 g/mol. The number of aromatic nitrogens is 3. The highest BCUT2D eigenvalue weighted by molar-refractivity contribution is 7.89. The predicted molar refractivity (Wildman–Crippen MR) is 163 cm³/mol. The van der Waals surface area contributed by atoms with E-state index >= 15 is 0 Å². The van der Waals surface area contributed by atoms with E-state index in [9.17, 15) is 8.42 Å². The zero-order valence-electron chi connectivity index (χ0n) is 24.4. The van der Waals surface area contributed by atoms with Gasteiger partial charge in [-0.1, -0.05) is 58.6 Å². The molecule has 1 aromatic carbocycles. The van der Waals surface area contributed by atoms with Crippen molar-refractivity contribution in [3.05, 3.63) is 41.7 Å². The summed E-state index contributed by atoms with van der Waals surface area (Å²) in [7, 11) is -0.879. The number of hydrogen-bond acceptors (Lipinski definition) is 6. The lowest BCUT2D eigenvalue weighted by Gasteiger charge is -2.27. The standard InChI is InChI=1S/C20H23N5.C8H18.C2H6O2S/c1-14-17(13-21-2)19(16-7-6-15-8-9-22-18(15)12-16)24-20(23-14)25-10-4-3-5-11-25;1-4-6-8(3)7-5-2;1-5(2,3)4/h6-9,12-13,22H,3-5,10-11H2,1-2H3;8H,4-7H2,1-3H3;1-2H3. The van der Waals surface area contributed by atoms with Gasteiger partial charge in [0, 0.05) is 61.7 Å². The molecule has 0 unspecified atom stereocenters. The number of aryl methyl sites for hydroxylation is 1. The lowest BCUT2D eigenvalue weighted by Crippen LogP contribution is -2.31. The monoisotopic (exact) mass is 541 g/mol. The van der Waals surface area contributed by atoms with Gasteiger partial charge in [0.15, 0.2) is 0 Å². The van der Waals surface area contributed by atoms with Crippen LogP contribution in [-0.2, 0) is 9.84 Å². The van der Waals surface area contributed by atoms with Crippen molar-refractivity contribution < 1.29 is 8.42 Å². The van der Waals surface area contributed by atoms with E-state index in [-0.39, 0.29) is 0 Å². The number of rotatable bonds is 7. The molecule has 0 spiro atoms. The fraction of sp³-hybridized carbons (Fsp3) is 0.567. The van der Waals surface area contributed by atoms with Gasteiger partial charge in [0.25, 0.3) is 0 Å². The number of sulfone groups is 1. The van der Waals surface area contributed by atoms with Crippen molar-refractivity contribution in [2.45, 2.75) is 72.6 Å². The number of fused-ring (bicyclic) bond motifs is 1. The van der Waals surface area contributed by atoms with E-state index in [1.54, 1.807) is 7.05 Å². The first kappa shape index (κ1) is 31.5. The zero-order valence-corrected chi connectivity index (χ0v) is 25.2. The summed E-state index contributed by atoms with van der Waals surface area (Å²) in [4.78, 5) is 19.5. The maximum atomic E-state index is 9.63. The Hall–Kier alpha value is -2.74. The summed E-state index contributed by atoms with van der Waals surface area (Å²) >= 11 is 0. The Morgan fingerprint density at radius 1 is 1.05 bits per heavy atom. The third kappa shape index (κ3) is 10.6. The second-order valence-electron chi connectivity index (χ2n) is 10.4. The fourth-order valence-corrected chi connectivity index (χ4v) is 4.63. The van der Waals surface area contributed by atoms with E-state index in [0.29, 0.717) is 0 Å². The zero-order chi connectivity index (χ0) is 28.1. The van der Waals surface area contributed by atoms with E-state index < -0.39 is 9.84 Å². The number of piperidine rings is 1. The molecule has 2 aromatic heterocycles. The molecular formula is C30H47N5O2S. The molecule has 38 heavy (non-hydrogen) atoms. The predicted octanol–water partition coefficient (Wildman–Crippen LogP) is 6.86. The molecule has 1 N–H and O–H groups in total. The van der Waals surface area contributed by atoms with Gasteiger partial charge in [-0.3, -0.25) is 4.99 Å². The largest absolute Gasteiger partial charge is 0.361 e. The van der Waals surface area contributed by atoms with Gasteiger partial charge in [-0.2, -0.15) is 0 Å². The molecule has 1 saturated heterocycles. The number of hydrogen-bond donors (Lipinski definition) is 1. The fourth-order valence-electron chi connectivity index (χ4n) is 4.63. The highest BCUT2D eigenvalue weighted by Gasteiger charge is 2.18. The molecule has 0 amide bonds. The second-order valence-corrected chi connectivity index (χ2v) is 12.7. The molecule has 1 aliphatic heterocycles. The summed E-state index contributed by atoms with van der Waals surface area (Å²) in [5.41, 5.74) is 5.13. The maximum absolute atomic E-state index is 9.63. The second kappa shape index (κ2) is 15.6. The third-order valence-electron chi connectivity index (χ3n) is 6.41. The van der Waals surface area contributed by atoms with Crippen LogP contribution in [-0.4, -0.2) is 62.2 Å². The summed E-state index contributed by atoms with van der Waals surface area (Å²) in [6.45, 7) is 11.0. The minimum absolute atomic E-state index is 0.840. The Kier molecular flexibility index (Phi) is 12.9. The SMILES string of the molecule is CCCC(C)CCC.CN=Cc1c(C)nc(N2CCCCC2)nc1-c1ccc2cc[nH]c2c1.CS(C)(=O)=O. The number of aromatic amines is 1. The van der Waals surface area contributed by atoms with E-state index in [1.165, 1.54) is 50.3 Å². The Bertz CT molecular complexity index is 1250. The normalized spacial score (nSPS) is 13.8. The number of anilines is 1. The molecule has 210 valence electrons. The summed E-state index contributed by atoms with van der Waals surface area (Å²) in [6.07, 6.45) is 15.4. The summed E-state index contributed by atoms with van der Waals surface area (Å²) < 4.78 is 19.3. The Morgan fingerprint density at radius 3 is 2.26 bits per heavy atom. The highest BCUT2D eigenvalue weighted by Crippen LogP contribution is 2.28. The molecule has 0 bridgehead atoms. The topological polar surface area (TPSA) is 91.3 Å². The van der Waals surface area contributed by atoms with Crippen LogP contribution in [0.25, 0.3) is 22.2 Å². The molecule has 8 heteroatoms. The molecule has 0 saturated carbocycles. The van der Waals surface area contributed by atoms with Crippen molar-refractivity contribution in [1.82, 2.24) is 15.0 Å². The molecule has 3 aromatic rings. The third-order valence-corrected chi connectivity index (χ3v) is 6.41. The first-order valence-corrected chi connectivity index (χ1v) is 16.2. The van der Waals surface area contributed by atoms with Crippen LogP contribution in [0.3, 0.4) is 0 Å². The lowest BCUT2D eigenvalue weighted by atomic mass is 10.0. The summed E-state index contributed by atoms with van der Waals surface area (Å²) in [5, 5.41) is 1.21. The van der Waals surface area contributed by atoms with Crippen molar-refractivity contribution in [3.8, 4) is 11.3 Å². The summed E-state index contributed by atoms with van der Waals surface area (Å²) in [5.74, 6) is 1.80. The van der Waals surface area contributed by atoms with Gasteiger partial charge in [0.2, 0.25) is 5.95 Å². The average molecular weight is 542 g/mol. The Balaban J connectivity index is 0.000000326. The number of benzene rings is 1. The first-order valence-electron chi connectivity index (χ1n) is 13.9. The molecule has 0 atom stereocenters. The smallest absolute Gasteiger partial charge is 0.226 e. The van der Waals surface area contributed by atoms with Crippen LogP contribution in [0, 0.1) is 12.8 Å². The van der Waals surface area contributed by atoms with Crippen LogP contribution < -0.4 is 4.90 Å². The van der Waals surface area contributed by atoms with Gasteiger partial charge in [-0.25, -0.2) is 18.4 Å². The average Bonchev–Trinajstić information content (AvgIpc) is 3.33. The van der Waals surface area contributed by atoms with E-state index in [4.69, 9.17) is 9.97 Å². The molecule has 3 heterocycles. The van der Waals surface area contributed by atoms with Gasteiger partial charge in [-0.15, -0.1) is 0 Å². The van der Waals surface area contributed by atoms with Crippen LogP contribution in [0.5, 0.6) is 0 Å². The van der Waals surface area contributed by atoms with Crippen LogP contribution in [0.15, 0.2) is 35.5 Å². The van der Waals surface area contributed by atoms with Gasteiger partial charge < -0.3 is 9.88 Å². The first-order chi connectivity index (χ1) is 18.1. The van der Waals surface area contributed by atoms with Crippen molar-refractivity contribution in [1.29, 1.82) is 0 Å². The molecule has 1 fully saturated rings. The molecule has 0 aliphatic carbocycles. The maximum Gasteiger partial charge on any atom is 0.226 e. The van der Waals surface area contributed by atoms with Crippen LogP contribution in [0.2, 0.25) is 0 Å². The van der Waals surface area contributed by atoms with Gasteiger partial charge in [0.05, 0.1) is 11.4 Å². The minimum Gasteiger partial charge on any atom is -0.361 e. The van der Waals surface area contributed by atoms with E-state index in [2.05, 4.69) is 59.9 Å². The molecule has 4 rings (SSSR count). The molecule has 7 nitrogen and oxygen atoms in total. The summed E-state index contributed by atoms with van der Waals surface area (Å²) in [6, 6.07) is 8.50. The lowest BCUT2D eigenvalue weighted by molar-refractivity contribution is 0.480. The highest BCUT2D eigenvalue weighted by atomic mass is 32.2. The Labute approximate surface area is 230 Å². The van der Waals surface area contributed by atoms with Crippen LogP contribution >= 0.6 is 0 Å². The number of nitrogens with one attached hydrogen (secondary N) is 1.